The first-order valence-corrected chi connectivity index (χ1v) is 6.63. The van der Waals surface area contributed by atoms with Crippen LogP contribution in [0.25, 0.3) is 0 Å². The summed E-state index contributed by atoms with van der Waals surface area (Å²) >= 11 is 0. The molecule has 2 N–H and O–H groups in total. The smallest absolute Gasteiger partial charge is 0.343 e. The van der Waals surface area contributed by atoms with Crippen LogP contribution in [0.1, 0.15) is 35.7 Å². The van der Waals surface area contributed by atoms with Gasteiger partial charge in [0.25, 0.3) is 0 Å². The minimum Gasteiger partial charge on any atom is -0.465 e. The van der Waals surface area contributed by atoms with E-state index in [-0.39, 0.29) is 17.4 Å². The maximum Gasteiger partial charge on any atom is 0.343 e. The molecular formula is C16H18N2O3. The van der Waals surface area contributed by atoms with Crippen LogP contribution in [-0.4, -0.2) is 18.1 Å². The van der Waals surface area contributed by atoms with Crippen LogP contribution in [0, 0.1) is 0 Å². The number of aromatic nitrogens is 1. The van der Waals surface area contributed by atoms with E-state index in [1.54, 1.807) is 0 Å². The van der Waals surface area contributed by atoms with Gasteiger partial charge < -0.3 is 15.2 Å². The number of pyridine rings is 1. The number of nitrogen functional groups attached to an aromatic ring is 1. The molecule has 21 heavy (non-hydrogen) atoms. The number of methoxy groups -OCH3 is 1. The number of esters is 1. The fourth-order valence-electron chi connectivity index (χ4n) is 1.96. The third kappa shape index (κ3) is 3.31. The van der Waals surface area contributed by atoms with Crippen molar-refractivity contribution >= 4 is 11.7 Å². The topological polar surface area (TPSA) is 74.4 Å². The van der Waals surface area contributed by atoms with Crippen LogP contribution in [-0.2, 0) is 4.74 Å². The number of hydrogen-bond donors (Lipinski definition) is 1. The molecular weight excluding hydrogens is 268 g/mol. The summed E-state index contributed by atoms with van der Waals surface area (Å²) in [5.74, 6) is 0.600. The summed E-state index contributed by atoms with van der Waals surface area (Å²) in [6.07, 6.45) is 1.44. The second-order valence-electron chi connectivity index (χ2n) is 4.91. The summed E-state index contributed by atoms with van der Waals surface area (Å²) in [4.78, 5) is 15.9. The lowest BCUT2D eigenvalue weighted by Gasteiger charge is -2.14. The molecule has 0 aliphatic heterocycles. The highest BCUT2D eigenvalue weighted by Crippen LogP contribution is 2.31. The molecule has 0 radical (unpaired) electrons. The summed E-state index contributed by atoms with van der Waals surface area (Å²) in [6, 6.07) is 9.13. The van der Waals surface area contributed by atoms with Gasteiger partial charge >= 0.3 is 5.97 Å². The molecule has 0 unspecified atom stereocenters. The minimum atomic E-state index is -0.535. The van der Waals surface area contributed by atoms with Gasteiger partial charge in [0.15, 0.2) is 0 Å². The van der Waals surface area contributed by atoms with Crippen molar-refractivity contribution < 1.29 is 14.3 Å². The third-order valence-electron chi connectivity index (χ3n) is 3.03. The summed E-state index contributed by atoms with van der Waals surface area (Å²) in [5.41, 5.74) is 7.28. The third-order valence-corrected chi connectivity index (χ3v) is 3.03. The van der Waals surface area contributed by atoms with Gasteiger partial charge in [-0.2, -0.15) is 0 Å². The van der Waals surface area contributed by atoms with Gasteiger partial charge in [-0.25, -0.2) is 9.78 Å². The van der Waals surface area contributed by atoms with E-state index in [1.807, 2.05) is 24.3 Å². The normalized spacial score (nSPS) is 10.5. The van der Waals surface area contributed by atoms with E-state index >= 15 is 0 Å². The Morgan fingerprint density at radius 1 is 1.29 bits per heavy atom. The van der Waals surface area contributed by atoms with E-state index in [2.05, 4.69) is 18.8 Å². The highest BCUT2D eigenvalue weighted by Gasteiger charge is 2.17. The average molecular weight is 286 g/mol. The average Bonchev–Trinajstić information content (AvgIpc) is 2.48. The Bertz CT molecular complexity index is 654. The summed E-state index contributed by atoms with van der Waals surface area (Å²) in [6.45, 7) is 4.14. The fraction of sp³-hybridized carbons (Fsp3) is 0.250. The number of rotatable bonds is 4. The second kappa shape index (κ2) is 6.26. The first kappa shape index (κ1) is 14.8. The standard InChI is InChI=1S/C16H18N2O3/c1-10(2)12-6-4-5-7-14(12)21-15-13(16(19)20-3)8-11(17)9-18-15/h4-10H,17H2,1-3H3. The lowest BCUT2D eigenvalue weighted by atomic mass is 10.0. The van der Waals surface area contributed by atoms with Crippen LogP contribution in [0.4, 0.5) is 5.69 Å². The summed E-state index contributed by atoms with van der Waals surface area (Å²) in [7, 11) is 1.30. The quantitative estimate of drug-likeness (QED) is 0.872. The van der Waals surface area contributed by atoms with Gasteiger partial charge in [0, 0.05) is 0 Å². The zero-order valence-electron chi connectivity index (χ0n) is 12.3. The Balaban J connectivity index is 2.43. The number of anilines is 1. The van der Waals surface area contributed by atoms with Crippen molar-refractivity contribution in [1.82, 2.24) is 4.98 Å². The Hall–Kier alpha value is -2.56. The highest BCUT2D eigenvalue weighted by atomic mass is 16.5. The predicted octanol–water partition coefficient (Wildman–Crippen LogP) is 3.37. The number of para-hydroxylation sites is 1. The van der Waals surface area contributed by atoms with Crippen molar-refractivity contribution in [3.05, 3.63) is 47.7 Å². The molecule has 0 amide bonds. The second-order valence-corrected chi connectivity index (χ2v) is 4.91. The first-order valence-electron chi connectivity index (χ1n) is 6.63. The fourth-order valence-corrected chi connectivity index (χ4v) is 1.96. The van der Waals surface area contributed by atoms with Crippen molar-refractivity contribution in [1.29, 1.82) is 0 Å². The minimum absolute atomic E-state index is 0.184. The first-order chi connectivity index (χ1) is 10.0. The van der Waals surface area contributed by atoms with E-state index in [0.717, 1.165) is 5.56 Å². The molecule has 0 bridgehead atoms. The van der Waals surface area contributed by atoms with Crippen molar-refractivity contribution in [2.45, 2.75) is 19.8 Å². The van der Waals surface area contributed by atoms with Crippen LogP contribution in [0.3, 0.4) is 0 Å². The number of nitrogens with two attached hydrogens (primary N) is 1. The number of hydrogen-bond acceptors (Lipinski definition) is 5. The van der Waals surface area contributed by atoms with Crippen LogP contribution in [0.5, 0.6) is 11.6 Å². The molecule has 5 nitrogen and oxygen atoms in total. The SMILES string of the molecule is COC(=O)c1cc(N)cnc1Oc1ccccc1C(C)C. The number of carbonyl (C=O) groups is 1. The molecule has 5 heteroatoms. The van der Waals surface area contributed by atoms with Gasteiger partial charge in [-0.1, -0.05) is 32.0 Å². The van der Waals surface area contributed by atoms with Crippen molar-refractivity contribution in [3.8, 4) is 11.6 Å². The van der Waals surface area contributed by atoms with Crippen molar-refractivity contribution in [3.63, 3.8) is 0 Å². The van der Waals surface area contributed by atoms with Gasteiger partial charge in [0.2, 0.25) is 5.88 Å². The Morgan fingerprint density at radius 2 is 2.00 bits per heavy atom. The van der Waals surface area contributed by atoms with Crippen molar-refractivity contribution in [2.24, 2.45) is 0 Å². The Kier molecular flexibility index (Phi) is 4.42. The maximum absolute atomic E-state index is 11.8. The van der Waals surface area contributed by atoms with Gasteiger partial charge in [-0.3, -0.25) is 0 Å². The number of ether oxygens (including phenoxy) is 2. The van der Waals surface area contributed by atoms with E-state index in [9.17, 15) is 4.79 Å². The Labute approximate surface area is 123 Å². The summed E-state index contributed by atoms with van der Waals surface area (Å²) < 4.78 is 10.5. The van der Waals surface area contributed by atoms with Crippen LogP contribution in [0.15, 0.2) is 36.5 Å². The monoisotopic (exact) mass is 286 g/mol. The molecule has 1 aromatic heterocycles. The van der Waals surface area contributed by atoms with Crippen LogP contribution in [0.2, 0.25) is 0 Å². The molecule has 1 aromatic carbocycles. The largest absolute Gasteiger partial charge is 0.465 e. The number of carbonyl (C=O) groups excluding carboxylic acids is 1. The molecule has 2 rings (SSSR count). The summed E-state index contributed by atoms with van der Waals surface area (Å²) in [5, 5.41) is 0. The molecule has 110 valence electrons. The van der Waals surface area contributed by atoms with Gasteiger partial charge in [0.1, 0.15) is 11.3 Å². The van der Waals surface area contributed by atoms with E-state index < -0.39 is 5.97 Å². The van der Waals surface area contributed by atoms with Crippen LogP contribution < -0.4 is 10.5 Å². The zero-order valence-corrected chi connectivity index (χ0v) is 12.3. The van der Waals surface area contributed by atoms with Gasteiger partial charge in [0.05, 0.1) is 19.0 Å². The lowest BCUT2D eigenvalue weighted by molar-refractivity contribution is 0.0597. The molecule has 0 aliphatic carbocycles. The zero-order chi connectivity index (χ0) is 15.4. The Morgan fingerprint density at radius 3 is 2.67 bits per heavy atom. The molecule has 0 fully saturated rings. The van der Waals surface area contributed by atoms with Gasteiger partial charge in [-0.15, -0.1) is 0 Å². The van der Waals surface area contributed by atoms with E-state index in [1.165, 1.54) is 19.4 Å². The molecule has 2 aromatic rings. The molecule has 0 spiro atoms. The maximum atomic E-state index is 11.8. The molecule has 0 saturated carbocycles. The molecule has 0 saturated heterocycles. The van der Waals surface area contributed by atoms with Crippen LogP contribution >= 0.6 is 0 Å². The van der Waals surface area contributed by atoms with E-state index in [0.29, 0.717) is 11.4 Å². The predicted molar refractivity (Wildman–Crippen MR) is 80.6 cm³/mol. The molecule has 1 heterocycles. The van der Waals surface area contributed by atoms with Gasteiger partial charge in [-0.05, 0) is 23.6 Å². The highest BCUT2D eigenvalue weighted by molar-refractivity contribution is 5.92. The lowest BCUT2D eigenvalue weighted by Crippen LogP contribution is -2.07. The molecule has 0 aliphatic rings. The van der Waals surface area contributed by atoms with E-state index in [4.69, 9.17) is 15.2 Å². The number of benzene rings is 1. The van der Waals surface area contributed by atoms with Crippen molar-refractivity contribution in [2.75, 3.05) is 12.8 Å². The molecule has 0 atom stereocenters. The number of nitrogens with zero attached hydrogens (tertiary/aromatic N) is 1.